The number of phenols is 1. The van der Waals surface area contributed by atoms with Gasteiger partial charge in [-0.05, 0) is 30.3 Å². The maximum atomic E-state index is 11.5. The molecule has 3 rings (SSSR count). The molecule has 2 N–H and O–H groups in total. The summed E-state index contributed by atoms with van der Waals surface area (Å²) >= 11 is 0. The van der Waals surface area contributed by atoms with Crippen LogP contribution in [0.15, 0.2) is 57.1 Å². The summed E-state index contributed by atoms with van der Waals surface area (Å²) in [5.41, 5.74) is -0.0144. The fourth-order valence-corrected chi connectivity index (χ4v) is 2.70. The lowest BCUT2D eigenvalue weighted by atomic mass is 10.2. The van der Waals surface area contributed by atoms with Gasteiger partial charge in [-0.25, -0.2) is 4.99 Å². The van der Waals surface area contributed by atoms with E-state index in [0.29, 0.717) is 5.76 Å². The van der Waals surface area contributed by atoms with E-state index in [1.807, 2.05) is 0 Å². The molecule has 7 nitrogen and oxygen atoms in total. The maximum absolute atomic E-state index is 11.5. The molecule has 0 unspecified atom stereocenters. The van der Waals surface area contributed by atoms with Crippen molar-refractivity contribution in [2.75, 3.05) is 0 Å². The Morgan fingerprint density at radius 2 is 2.09 bits per heavy atom. The normalized spacial score (nSPS) is 12.2. The summed E-state index contributed by atoms with van der Waals surface area (Å²) in [5.74, 6) is 0.139. The number of fused-ring (bicyclic) bond motifs is 1. The fraction of sp³-hybridized carbons (Fsp3) is 0. The molecule has 0 aliphatic rings. The summed E-state index contributed by atoms with van der Waals surface area (Å²) in [5, 5.41) is 10.3. The van der Waals surface area contributed by atoms with Crippen LogP contribution < -0.4 is 0 Å². The number of benzene rings is 1. The molecular formula is C14H10N2O5S. The van der Waals surface area contributed by atoms with Gasteiger partial charge in [-0.3, -0.25) is 9.54 Å². The van der Waals surface area contributed by atoms with Crippen LogP contribution in [0.25, 0.3) is 10.9 Å². The molecule has 0 aliphatic carbocycles. The van der Waals surface area contributed by atoms with Crippen molar-refractivity contribution in [3.8, 4) is 5.75 Å². The molecule has 0 aliphatic heterocycles. The second kappa shape index (κ2) is 5.24. The number of pyridine rings is 1. The topological polar surface area (TPSA) is 113 Å². The van der Waals surface area contributed by atoms with Gasteiger partial charge in [-0.1, -0.05) is 0 Å². The smallest absolute Gasteiger partial charge is 0.295 e. The van der Waals surface area contributed by atoms with Gasteiger partial charge in [0.2, 0.25) is 0 Å². The first-order chi connectivity index (χ1) is 10.5. The third kappa shape index (κ3) is 2.57. The number of aromatic hydroxyl groups is 1. The first-order valence-electron chi connectivity index (χ1n) is 6.12. The summed E-state index contributed by atoms with van der Waals surface area (Å²) in [6.07, 6.45) is 4.17. The Hall–Kier alpha value is -2.71. The highest BCUT2D eigenvalue weighted by molar-refractivity contribution is 7.86. The molecule has 0 saturated heterocycles. The Balaban J connectivity index is 2.25. The van der Waals surface area contributed by atoms with Crippen molar-refractivity contribution in [3.63, 3.8) is 0 Å². The largest absolute Gasteiger partial charge is 0.504 e. The van der Waals surface area contributed by atoms with E-state index in [9.17, 15) is 18.1 Å². The van der Waals surface area contributed by atoms with Gasteiger partial charge in [0.15, 0.2) is 5.75 Å². The van der Waals surface area contributed by atoms with Crippen LogP contribution in [0.2, 0.25) is 0 Å². The lowest BCUT2D eigenvalue weighted by Gasteiger charge is -2.07. The third-order valence-electron chi connectivity index (χ3n) is 2.96. The number of nitrogens with zero attached hydrogens (tertiary/aromatic N) is 2. The molecule has 2 aromatic heterocycles. The summed E-state index contributed by atoms with van der Waals surface area (Å²) in [6.45, 7) is 0. The van der Waals surface area contributed by atoms with Gasteiger partial charge < -0.3 is 9.52 Å². The molecule has 1 aromatic carbocycles. The molecule has 0 atom stereocenters. The number of hydrogen-bond acceptors (Lipinski definition) is 6. The monoisotopic (exact) mass is 318 g/mol. The van der Waals surface area contributed by atoms with Gasteiger partial charge >= 0.3 is 0 Å². The van der Waals surface area contributed by atoms with Crippen molar-refractivity contribution in [2.24, 2.45) is 4.99 Å². The molecule has 8 heteroatoms. The lowest BCUT2D eigenvalue weighted by Crippen LogP contribution is -2.00. The van der Waals surface area contributed by atoms with Crippen LogP contribution in [0.1, 0.15) is 5.76 Å². The number of rotatable bonds is 3. The minimum atomic E-state index is -4.49. The molecule has 2 heterocycles. The SMILES string of the molecule is O=S(=O)(O)c1cc(N=Cc2ccco2)c(O)c2ncccc12. The Labute approximate surface area is 125 Å². The lowest BCUT2D eigenvalue weighted by molar-refractivity contribution is 0.479. The van der Waals surface area contributed by atoms with Gasteiger partial charge in [0, 0.05) is 11.6 Å². The fourth-order valence-electron chi connectivity index (χ4n) is 1.99. The second-order valence-corrected chi connectivity index (χ2v) is 5.78. The second-order valence-electron chi connectivity index (χ2n) is 4.39. The summed E-state index contributed by atoms with van der Waals surface area (Å²) in [7, 11) is -4.49. The van der Waals surface area contributed by atoms with E-state index in [1.54, 1.807) is 12.1 Å². The molecule has 0 radical (unpaired) electrons. The molecule has 0 bridgehead atoms. The Bertz CT molecular complexity index is 962. The van der Waals surface area contributed by atoms with Gasteiger partial charge in [0.1, 0.15) is 21.9 Å². The van der Waals surface area contributed by atoms with Crippen LogP contribution in [0, 0.1) is 0 Å². The van der Waals surface area contributed by atoms with Gasteiger partial charge in [-0.15, -0.1) is 0 Å². The van der Waals surface area contributed by atoms with Gasteiger partial charge in [0.25, 0.3) is 10.1 Å². The number of aromatic nitrogens is 1. The van der Waals surface area contributed by atoms with Crippen LogP contribution in [0.3, 0.4) is 0 Å². The predicted molar refractivity (Wildman–Crippen MR) is 79.2 cm³/mol. The van der Waals surface area contributed by atoms with Crippen molar-refractivity contribution in [1.29, 1.82) is 0 Å². The van der Waals surface area contributed by atoms with E-state index in [-0.39, 0.29) is 27.2 Å². The van der Waals surface area contributed by atoms with E-state index in [2.05, 4.69) is 9.98 Å². The first-order valence-corrected chi connectivity index (χ1v) is 7.56. The highest BCUT2D eigenvalue weighted by Crippen LogP contribution is 2.37. The van der Waals surface area contributed by atoms with Gasteiger partial charge in [0.05, 0.1) is 12.5 Å². The molecule has 0 spiro atoms. The average molecular weight is 318 g/mol. The molecule has 0 saturated carbocycles. The van der Waals surface area contributed by atoms with Crippen molar-refractivity contribution in [1.82, 2.24) is 4.98 Å². The number of furan rings is 1. The average Bonchev–Trinajstić information content (AvgIpc) is 2.99. The van der Waals surface area contributed by atoms with Crippen molar-refractivity contribution < 1.29 is 22.5 Å². The Morgan fingerprint density at radius 1 is 1.27 bits per heavy atom. The molecule has 3 aromatic rings. The van der Waals surface area contributed by atoms with E-state index in [0.717, 1.165) is 6.07 Å². The molecule has 112 valence electrons. The maximum Gasteiger partial charge on any atom is 0.295 e. The van der Waals surface area contributed by atoms with Crippen LogP contribution in [-0.4, -0.2) is 29.3 Å². The van der Waals surface area contributed by atoms with Crippen molar-refractivity contribution >= 4 is 32.9 Å². The number of hydrogen-bond donors (Lipinski definition) is 2. The Kier molecular flexibility index (Phi) is 3.39. The van der Waals surface area contributed by atoms with E-state index in [1.165, 1.54) is 30.8 Å². The van der Waals surface area contributed by atoms with E-state index < -0.39 is 10.1 Å². The zero-order valence-corrected chi connectivity index (χ0v) is 11.9. The van der Waals surface area contributed by atoms with E-state index in [4.69, 9.17) is 4.42 Å². The van der Waals surface area contributed by atoms with Crippen molar-refractivity contribution in [3.05, 3.63) is 48.6 Å². The van der Waals surface area contributed by atoms with Crippen LogP contribution in [-0.2, 0) is 10.1 Å². The molecule has 0 amide bonds. The molecule has 0 fully saturated rings. The first kappa shape index (κ1) is 14.2. The Morgan fingerprint density at radius 3 is 2.77 bits per heavy atom. The predicted octanol–water partition coefficient (Wildman–Crippen LogP) is 2.53. The quantitative estimate of drug-likeness (QED) is 0.566. The highest BCUT2D eigenvalue weighted by atomic mass is 32.2. The standard InChI is InChI=1S/C14H10N2O5S/c17-14-11(16-8-9-3-2-6-21-9)7-12(22(18,19)20)10-4-1-5-15-13(10)14/h1-8,17H,(H,18,19,20). The minimum absolute atomic E-state index is 0.0317. The summed E-state index contributed by atoms with van der Waals surface area (Å²) < 4.78 is 37.5. The van der Waals surface area contributed by atoms with Gasteiger partial charge in [-0.2, -0.15) is 8.42 Å². The minimum Gasteiger partial charge on any atom is -0.504 e. The van der Waals surface area contributed by atoms with E-state index >= 15 is 0 Å². The molecule has 22 heavy (non-hydrogen) atoms. The zero-order chi connectivity index (χ0) is 15.7. The van der Waals surface area contributed by atoms with Crippen molar-refractivity contribution in [2.45, 2.75) is 4.90 Å². The highest BCUT2D eigenvalue weighted by Gasteiger charge is 2.19. The summed E-state index contributed by atoms with van der Waals surface area (Å²) in [6, 6.07) is 7.32. The number of aliphatic imine (C=N–C) groups is 1. The van der Waals surface area contributed by atoms with Crippen LogP contribution >= 0.6 is 0 Å². The van der Waals surface area contributed by atoms with Crippen LogP contribution in [0.5, 0.6) is 5.75 Å². The number of phenolic OH excluding ortho intramolecular Hbond substituents is 1. The zero-order valence-electron chi connectivity index (χ0n) is 11.0. The third-order valence-corrected chi connectivity index (χ3v) is 3.85. The molecular weight excluding hydrogens is 308 g/mol. The summed E-state index contributed by atoms with van der Waals surface area (Å²) in [4.78, 5) is 7.55. The van der Waals surface area contributed by atoms with Crippen LogP contribution in [0.4, 0.5) is 5.69 Å².